The first-order chi connectivity index (χ1) is 8.30. The van der Waals surface area contributed by atoms with Gasteiger partial charge in [-0.05, 0) is 31.9 Å². The van der Waals surface area contributed by atoms with Crippen molar-refractivity contribution in [2.45, 2.75) is 26.9 Å². The lowest BCUT2D eigenvalue weighted by atomic mass is 10.0. The Bertz CT molecular complexity index is 559. The second-order valence-corrected chi connectivity index (χ2v) is 4.37. The summed E-state index contributed by atoms with van der Waals surface area (Å²) in [6.45, 7) is 5.52. The largest absolute Gasteiger partial charge is 0.450 e. The van der Waals surface area contributed by atoms with Gasteiger partial charge in [-0.2, -0.15) is 13.2 Å². The van der Waals surface area contributed by atoms with Crippen LogP contribution in [0.2, 0.25) is 0 Å². The van der Waals surface area contributed by atoms with E-state index in [1.54, 1.807) is 13.8 Å². The average molecular weight is 254 g/mol. The molecule has 0 atom stereocenters. The zero-order chi connectivity index (χ0) is 13.5. The van der Waals surface area contributed by atoms with E-state index >= 15 is 0 Å². The summed E-state index contributed by atoms with van der Waals surface area (Å²) in [4.78, 5) is 3.41. The third-order valence-corrected chi connectivity index (χ3v) is 2.77. The molecule has 0 aliphatic rings. The molecule has 18 heavy (non-hydrogen) atoms. The van der Waals surface area contributed by atoms with Gasteiger partial charge in [-0.25, -0.2) is 4.98 Å². The molecule has 0 saturated heterocycles. The van der Waals surface area contributed by atoms with Crippen molar-refractivity contribution in [2.75, 3.05) is 0 Å². The molecule has 1 aromatic heterocycles. The van der Waals surface area contributed by atoms with E-state index < -0.39 is 12.0 Å². The van der Waals surface area contributed by atoms with Gasteiger partial charge in [0.25, 0.3) is 0 Å². The normalized spacial score (nSPS) is 11.9. The summed E-state index contributed by atoms with van der Waals surface area (Å²) >= 11 is 0. The van der Waals surface area contributed by atoms with Crippen molar-refractivity contribution in [1.29, 1.82) is 0 Å². The Kier molecular flexibility index (Phi) is 2.92. The number of alkyl halides is 3. The molecule has 0 N–H and O–H groups in total. The molecule has 2 nitrogen and oxygen atoms in total. The molecule has 0 saturated carbocycles. The third kappa shape index (κ3) is 2.12. The van der Waals surface area contributed by atoms with Gasteiger partial charge in [0, 0.05) is 12.4 Å². The fourth-order valence-electron chi connectivity index (χ4n) is 2.25. The summed E-state index contributed by atoms with van der Waals surface area (Å²) in [6.07, 6.45) is -1.94. The third-order valence-electron chi connectivity index (χ3n) is 2.77. The standard InChI is InChI=1S/C13H13F3N2/c1-8-6-9(2)11(10(3)7-8)18-5-4-17-12(18)13(14,15)16/h4-7H,1-3H3. The number of aromatic nitrogens is 2. The van der Waals surface area contributed by atoms with Crippen LogP contribution in [0.3, 0.4) is 0 Å². The molecule has 5 heteroatoms. The van der Waals surface area contributed by atoms with Gasteiger partial charge in [-0.3, -0.25) is 4.57 Å². The van der Waals surface area contributed by atoms with Crippen LogP contribution in [-0.2, 0) is 6.18 Å². The van der Waals surface area contributed by atoms with Crippen molar-refractivity contribution >= 4 is 0 Å². The number of halogens is 3. The van der Waals surface area contributed by atoms with Crippen LogP contribution in [-0.4, -0.2) is 9.55 Å². The van der Waals surface area contributed by atoms with E-state index in [2.05, 4.69) is 4.98 Å². The van der Waals surface area contributed by atoms with Crippen molar-refractivity contribution < 1.29 is 13.2 Å². The van der Waals surface area contributed by atoms with E-state index in [1.165, 1.54) is 12.4 Å². The second kappa shape index (κ2) is 4.15. The first-order valence-electron chi connectivity index (χ1n) is 5.49. The summed E-state index contributed by atoms with van der Waals surface area (Å²) in [5.41, 5.74) is 3.18. The highest BCUT2D eigenvalue weighted by Gasteiger charge is 2.36. The van der Waals surface area contributed by atoms with Crippen molar-refractivity contribution in [3.05, 3.63) is 47.0 Å². The minimum atomic E-state index is -4.45. The fourth-order valence-corrected chi connectivity index (χ4v) is 2.25. The van der Waals surface area contributed by atoms with E-state index in [1.807, 2.05) is 19.1 Å². The van der Waals surface area contributed by atoms with E-state index in [9.17, 15) is 13.2 Å². The van der Waals surface area contributed by atoms with Gasteiger partial charge in [0.05, 0.1) is 5.69 Å². The lowest BCUT2D eigenvalue weighted by molar-refractivity contribution is -0.145. The number of nitrogens with zero attached hydrogens (tertiary/aromatic N) is 2. The minimum absolute atomic E-state index is 0.547. The summed E-state index contributed by atoms with van der Waals surface area (Å²) < 4.78 is 39.6. The number of benzene rings is 1. The molecule has 2 rings (SSSR count). The monoisotopic (exact) mass is 254 g/mol. The van der Waals surface area contributed by atoms with Crippen LogP contribution in [0, 0.1) is 20.8 Å². The van der Waals surface area contributed by atoms with E-state index in [-0.39, 0.29) is 0 Å². The number of hydrogen-bond donors (Lipinski definition) is 0. The lowest BCUT2D eigenvalue weighted by Gasteiger charge is -2.16. The highest BCUT2D eigenvalue weighted by molar-refractivity contribution is 5.50. The van der Waals surface area contributed by atoms with Crippen LogP contribution >= 0.6 is 0 Å². The smallest absolute Gasteiger partial charge is 0.296 e. The molecule has 0 aliphatic heterocycles. The van der Waals surface area contributed by atoms with Gasteiger partial charge in [-0.15, -0.1) is 0 Å². The zero-order valence-corrected chi connectivity index (χ0v) is 10.3. The molecule has 0 bridgehead atoms. The highest BCUT2D eigenvalue weighted by atomic mass is 19.4. The molecule has 0 aliphatic carbocycles. The van der Waals surface area contributed by atoms with Crippen molar-refractivity contribution in [1.82, 2.24) is 9.55 Å². The number of rotatable bonds is 1. The molecule has 0 unspecified atom stereocenters. The maximum Gasteiger partial charge on any atom is 0.450 e. The Morgan fingerprint density at radius 1 is 1.06 bits per heavy atom. The lowest BCUT2D eigenvalue weighted by Crippen LogP contribution is -2.15. The quantitative estimate of drug-likeness (QED) is 0.756. The van der Waals surface area contributed by atoms with Crippen LogP contribution in [0.15, 0.2) is 24.5 Å². The number of aryl methyl sites for hydroxylation is 3. The molecule has 0 fully saturated rings. The van der Waals surface area contributed by atoms with Gasteiger partial charge in [0.1, 0.15) is 0 Å². The number of hydrogen-bond acceptors (Lipinski definition) is 1. The predicted molar refractivity (Wildman–Crippen MR) is 62.8 cm³/mol. The summed E-state index contributed by atoms with van der Waals surface area (Å²) in [5.74, 6) is -0.891. The molecule has 1 heterocycles. The van der Waals surface area contributed by atoms with Gasteiger partial charge in [0.15, 0.2) is 0 Å². The molecular formula is C13H13F3N2. The average Bonchev–Trinajstić information content (AvgIpc) is 2.63. The molecular weight excluding hydrogens is 241 g/mol. The Morgan fingerprint density at radius 2 is 1.61 bits per heavy atom. The molecule has 0 spiro atoms. The Balaban J connectivity index is 2.68. The predicted octanol–water partition coefficient (Wildman–Crippen LogP) is 3.82. The molecule has 96 valence electrons. The van der Waals surface area contributed by atoms with Gasteiger partial charge >= 0.3 is 6.18 Å². The van der Waals surface area contributed by atoms with Gasteiger partial charge in [-0.1, -0.05) is 17.7 Å². The zero-order valence-electron chi connectivity index (χ0n) is 10.3. The summed E-state index contributed by atoms with van der Waals surface area (Å²) in [5, 5.41) is 0. The summed E-state index contributed by atoms with van der Waals surface area (Å²) in [7, 11) is 0. The van der Waals surface area contributed by atoms with Crippen molar-refractivity contribution in [3.8, 4) is 5.69 Å². The van der Waals surface area contributed by atoms with Crippen molar-refractivity contribution in [2.24, 2.45) is 0 Å². The molecule has 0 radical (unpaired) electrons. The van der Waals surface area contributed by atoms with Crippen LogP contribution in [0.25, 0.3) is 5.69 Å². The topological polar surface area (TPSA) is 17.8 Å². The first kappa shape index (κ1) is 12.7. The second-order valence-electron chi connectivity index (χ2n) is 4.37. The SMILES string of the molecule is Cc1cc(C)c(-n2ccnc2C(F)(F)F)c(C)c1. The Hall–Kier alpha value is -1.78. The van der Waals surface area contributed by atoms with E-state index in [4.69, 9.17) is 0 Å². The first-order valence-corrected chi connectivity index (χ1v) is 5.49. The maximum atomic E-state index is 12.8. The van der Waals surface area contributed by atoms with Crippen LogP contribution in [0.4, 0.5) is 13.2 Å². The molecule has 2 aromatic rings. The minimum Gasteiger partial charge on any atom is -0.296 e. The molecule has 1 aromatic carbocycles. The van der Waals surface area contributed by atoms with Crippen LogP contribution < -0.4 is 0 Å². The summed E-state index contributed by atoms with van der Waals surface area (Å²) in [6, 6.07) is 3.73. The highest BCUT2D eigenvalue weighted by Crippen LogP contribution is 2.31. The van der Waals surface area contributed by atoms with Gasteiger partial charge < -0.3 is 0 Å². The maximum absolute atomic E-state index is 12.8. The van der Waals surface area contributed by atoms with Gasteiger partial charge in [0.2, 0.25) is 5.82 Å². The van der Waals surface area contributed by atoms with E-state index in [0.717, 1.165) is 21.3 Å². The van der Waals surface area contributed by atoms with Crippen molar-refractivity contribution in [3.63, 3.8) is 0 Å². The van der Waals surface area contributed by atoms with E-state index in [0.29, 0.717) is 5.69 Å². The fraction of sp³-hybridized carbons (Fsp3) is 0.308. The molecule has 0 amide bonds. The van der Waals surface area contributed by atoms with Crippen LogP contribution in [0.1, 0.15) is 22.5 Å². The Morgan fingerprint density at radius 3 is 2.11 bits per heavy atom. The number of imidazole rings is 1. The Labute approximate surface area is 103 Å². The van der Waals surface area contributed by atoms with Crippen LogP contribution in [0.5, 0.6) is 0 Å².